The number of benzene rings is 2. The Balaban J connectivity index is 1.61. The second-order valence-corrected chi connectivity index (χ2v) is 6.81. The minimum Gasteiger partial charge on any atom is -0.497 e. The minimum absolute atomic E-state index is 0.0644. The molecule has 0 N–H and O–H groups in total. The molecule has 1 aliphatic rings. The molecular weight excluding hydrogens is 325 g/mol. The van der Waals surface area contributed by atoms with E-state index in [1.54, 1.807) is 19.2 Å². The number of carbonyl (C=O) groups excluding carboxylic acids is 1. The smallest absolute Gasteiger partial charge is 0.233 e. The molecule has 5 heteroatoms. The molecule has 0 spiro atoms. The Morgan fingerprint density at radius 3 is 2.58 bits per heavy atom. The van der Waals surface area contributed by atoms with Crippen molar-refractivity contribution in [3.05, 3.63) is 59.9 Å². The second-order valence-electron chi connectivity index (χ2n) is 5.76. The highest BCUT2D eigenvalue weighted by molar-refractivity contribution is 8.00. The lowest BCUT2D eigenvalue weighted by Crippen LogP contribution is -2.31. The van der Waals surface area contributed by atoms with E-state index in [1.807, 2.05) is 29.2 Å². The summed E-state index contributed by atoms with van der Waals surface area (Å²) in [5.74, 6) is 1.10. The topological polar surface area (TPSA) is 29.5 Å². The molecule has 3 rings (SSSR count). The largest absolute Gasteiger partial charge is 0.497 e. The molecule has 0 aromatic heterocycles. The molecule has 1 atom stereocenters. The fourth-order valence-corrected chi connectivity index (χ4v) is 3.78. The number of nitrogens with zero attached hydrogens (tertiary/aromatic N) is 1. The van der Waals surface area contributed by atoms with Crippen LogP contribution in [0.1, 0.15) is 24.4 Å². The van der Waals surface area contributed by atoms with Crippen molar-refractivity contribution in [2.75, 3.05) is 19.4 Å². The van der Waals surface area contributed by atoms with E-state index in [0.717, 1.165) is 35.6 Å². The van der Waals surface area contributed by atoms with Gasteiger partial charge in [0.15, 0.2) is 0 Å². The van der Waals surface area contributed by atoms with Crippen LogP contribution in [0.4, 0.5) is 4.39 Å². The van der Waals surface area contributed by atoms with E-state index in [0.29, 0.717) is 5.75 Å². The van der Waals surface area contributed by atoms with E-state index in [2.05, 4.69) is 0 Å². The van der Waals surface area contributed by atoms with E-state index in [4.69, 9.17) is 4.74 Å². The number of thioether (sulfide) groups is 1. The Morgan fingerprint density at radius 1 is 1.21 bits per heavy atom. The lowest BCUT2D eigenvalue weighted by molar-refractivity contribution is -0.129. The Bertz CT molecular complexity index is 688. The van der Waals surface area contributed by atoms with Crippen LogP contribution in [0, 0.1) is 5.82 Å². The summed E-state index contributed by atoms with van der Waals surface area (Å²) in [4.78, 5) is 15.6. The zero-order valence-corrected chi connectivity index (χ0v) is 14.4. The number of halogens is 1. The Labute approximate surface area is 145 Å². The van der Waals surface area contributed by atoms with Crippen LogP contribution in [0.5, 0.6) is 5.75 Å². The number of rotatable bonds is 5. The fourth-order valence-electron chi connectivity index (χ4n) is 3.00. The van der Waals surface area contributed by atoms with Crippen LogP contribution in [0.25, 0.3) is 0 Å². The molecule has 2 aromatic rings. The highest BCUT2D eigenvalue weighted by Gasteiger charge is 2.29. The summed E-state index contributed by atoms with van der Waals surface area (Å²) in [6.07, 6.45) is 1.92. The van der Waals surface area contributed by atoms with E-state index in [1.165, 1.54) is 23.9 Å². The van der Waals surface area contributed by atoms with Gasteiger partial charge in [0.2, 0.25) is 5.91 Å². The number of hydrogen-bond donors (Lipinski definition) is 0. The van der Waals surface area contributed by atoms with Crippen LogP contribution in [-0.2, 0) is 4.79 Å². The number of ether oxygens (including phenoxy) is 1. The van der Waals surface area contributed by atoms with E-state index in [-0.39, 0.29) is 17.8 Å². The Morgan fingerprint density at radius 2 is 1.92 bits per heavy atom. The van der Waals surface area contributed by atoms with Crippen molar-refractivity contribution >= 4 is 17.7 Å². The SMILES string of the molecule is COc1ccc(SCC(=O)N2CCCC2c2ccc(F)cc2)cc1. The van der Waals surface area contributed by atoms with Gasteiger partial charge in [0.05, 0.1) is 18.9 Å². The Kier molecular flexibility index (Phi) is 5.41. The maximum Gasteiger partial charge on any atom is 0.233 e. The average molecular weight is 345 g/mol. The zero-order chi connectivity index (χ0) is 16.9. The van der Waals surface area contributed by atoms with Crippen molar-refractivity contribution < 1.29 is 13.9 Å². The van der Waals surface area contributed by atoms with Crippen molar-refractivity contribution in [1.82, 2.24) is 4.90 Å². The molecule has 3 nitrogen and oxygen atoms in total. The van der Waals surface area contributed by atoms with Crippen LogP contribution in [0.15, 0.2) is 53.4 Å². The fraction of sp³-hybridized carbons (Fsp3) is 0.316. The average Bonchev–Trinajstić information content (AvgIpc) is 3.10. The highest BCUT2D eigenvalue weighted by Crippen LogP contribution is 2.33. The lowest BCUT2D eigenvalue weighted by atomic mass is 10.0. The molecule has 0 saturated carbocycles. The molecule has 0 bridgehead atoms. The van der Waals surface area contributed by atoms with Gasteiger partial charge in [0.25, 0.3) is 0 Å². The zero-order valence-electron chi connectivity index (χ0n) is 13.6. The molecule has 0 aliphatic carbocycles. The van der Waals surface area contributed by atoms with Gasteiger partial charge in [-0.05, 0) is 54.8 Å². The molecule has 1 saturated heterocycles. The van der Waals surface area contributed by atoms with Crippen LogP contribution in [0.3, 0.4) is 0 Å². The van der Waals surface area contributed by atoms with Gasteiger partial charge in [-0.3, -0.25) is 4.79 Å². The van der Waals surface area contributed by atoms with Crippen LogP contribution in [-0.4, -0.2) is 30.2 Å². The summed E-state index contributed by atoms with van der Waals surface area (Å²) in [6, 6.07) is 14.2. The number of likely N-dealkylation sites (tertiary alicyclic amines) is 1. The maximum absolute atomic E-state index is 13.1. The van der Waals surface area contributed by atoms with Gasteiger partial charge in [0, 0.05) is 11.4 Å². The first-order valence-corrected chi connectivity index (χ1v) is 8.98. The van der Waals surface area contributed by atoms with E-state index >= 15 is 0 Å². The molecule has 1 unspecified atom stereocenters. The molecule has 24 heavy (non-hydrogen) atoms. The van der Waals surface area contributed by atoms with Gasteiger partial charge in [-0.1, -0.05) is 12.1 Å². The van der Waals surface area contributed by atoms with Gasteiger partial charge in [-0.2, -0.15) is 0 Å². The summed E-state index contributed by atoms with van der Waals surface area (Å²) in [5, 5.41) is 0. The quantitative estimate of drug-likeness (QED) is 0.757. The molecule has 126 valence electrons. The third-order valence-electron chi connectivity index (χ3n) is 4.25. The first-order chi connectivity index (χ1) is 11.7. The van der Waals surface area contributed by atoms with Gasteiger partial charge in [0.1, 0.15) is 11.6 Å². The second kappa shape index (κ2) is 7.71. The van der Waals surface area contributed by atoms with Gasteiger partial charge in [-0.25, -0.2) is 4.39 Å². The summed E-state index contributed by atoms with van der Waals surface area (Å²) in [6.45, 7) is 0.768. The summed E-state index contributed by atoms with van der Waals surface area (Å²) >= 11 is 1.53. The summed E-state index contributed by atoms with van der Waals surface area (Å²) in [5.41, 5.74) is 1.01. The number of methoxy groups -OCH3 is 1. The third kappa shape index (κ3) is 3.90. The minimum atomic E-state index is -0.246. The number of hydrogen-bond acceptors (Lipinski definition) is 3. The number of amides is 1. The maximum atomic E-state index is 13.1. The molecule has 0 radical (unpaired) electrons. The van der Waals surface area contributed by atoms with Crippen molar-refractivity contribution in [2.24, 2.45) is 0 Å². The van der Waals surface area contributed by atoms with Crippen molar-refractivity contribution in [3.63, 3.8) is 0 Å². The van der Waals surface area contributed by atoms with Crippen LogP contribution in [0.2, 0.25) is 0 Å². The number of carbonyl (C=O) groups is 1. The van der Waals surface area contributed by atoms with E-state index < -0.39 is 0 Å². The van der Waals surface area contributed by atoms with Crippen molar-refractivity contribution in [1.29, 1.82) is 0 Å². The standard InChI is InChI=1S/C19H20FNO2S/c1-23-16-8-10-17(11-9-16)24-13-19(22)21-12-2-3-18(21)14-4-6-15(20)7-5-14/h4-11,18H,2-3,12-13H2,1H3. The first kappa shape index (κ1) is 16.8. The van der Waals surface area contributed by atoms with Gasteiger partial charge in [-0.15, -0.1) is 11.8 Å². The summed E-state index contributed by atoms with van der Waals surface area (Å²) < 4.78 is 18.2. The molecular formula is C19H20FNO2S. The van der Waals surface area contributed by atoms with Crippen LogP contribution < -0.4 is 4.74 Å². The summed E-state index contributed by atoms with van der Waals surface area (Å²) in [7, 11) is 1.63. The molecule has 1 amide bonds. The van der Waals surface area contributed by atoms with Gasteiger partial charge >= 0.3 is 0 Å². The normalized spacial score (nSPS) is 17.1. The van der Waals surface area contributed by atoms with Gasteiger partial charge < -0.3 is 9.64 Å². The predicted molar refractivity (Wildman–Crippen MR) is 93.8 cm³/mol. The van der Waals surface area contributed by atoms with Crippen molar-refractivity contribution in [3.8, 4) is 5.75 Å². The third-order valence-corrected chi connectivity index (χ3v) is 5.25. The molecule has 1 aliphatic heterocycles. The monoisotopic (exact) mass is 345 g/mol. The Hall–Kier alpha value is -2.01. The first-order valence-electron chi connectivity index (χ1n) is 7.99. The molecule has 1 fully saturated rings. The van der Waals surface area contributed by atoms with Crippen molar-refractivity contribution in [2.45, 2.75) is 23.8 Å². The predicted octanol–water partition coefficient (Wildman–Crippen LogP) is 4.29. The lowest BCUT2D eigenvalue weighted by Gasteiger charge is -2.25. The highest BCUT2D eigenvalue weighted by atomic mass is 32.2. The molecule has 1 heterocycles. The molecule has 2 aromatic carbocycles. The van der Waals surface area contributed by atoms with Crippen LogP contribution >= 0.6 is 11.8 Å². The van der Waals surface area contributed by atoms with E-state index in [9.17, 15) is 9.18 Å².